The molecule has 1 unspecified atom stereocenters. The monoisotopic (exact) mass is 263 g/mol. The lowest BCUT2D eigenvalue weighted by Gasteiger charge is -2.13. The van der Waals surface area contributed by atoms with Gasteiger partial charge in [-0.1, -0.05) is 37.2 Å². The molecule has 1 heterocycles. The van der Waals surface area contributed by atoms with Crippen molar-refractivity contribution in [3.63, 3.8) is 0 Å². The number of rotatable bonds is 5. The lowest BCUT2D eigenvalue weighted by atomic mass is 9.96. The Kier molecular flexibility index (Phi) is 4.27. The summed E-state index contributed by atoms with van der Waals surface area (Å²) in [5.74, 6) is 1.13. The molecule has 1 aromatic heterocycles. The molecule has 0 spiro atoms. The zero-order valence-electron chi connectivity index (χ0n) is 11.1. The standard InChI is InChI=1S/C14H18FN3O/c1-9(2)11(8-16)14-17-13(18-19-14)7-10-5-3-4-6-12(10)15/h3-6,9,11H,7-8,16H2,1-2H3. The Labute approximate surface area is 111 Å². The largest absolute Gasteiger partial charge is 0.339 e. The summed E-state index contributed by atoms with van der Waals surface area (Å²) in [6.07, 6.45) is 0.325. The molecule has 0 amide bonds. The van der Waals surface area contributed by atoms with E-state index in [4.69, 9.17) is 10.3 Å². The maximum Gasteiger partial charge on any atom is 0.231 e. The highest BCUT2D eigenvalue weighted by Crippen LogP contribution is 2.22. The third-order valence-corrected chi connectivity index (χ3v) is 3.17. The van der Waals surface area contributed by atoms with Crippen LogP contribution in [0.5, 0.6) is 0 Å². The average Bonchev–Trinajstić information content (AvgIpc) is 2.81. The minimum atomic E-state index is -0.256. The van der Waals surface area contributed by atoms with E-state index in [0.29, 0.717) is 36.2 Å². The topological polar surface area (TPSA) is 64.9 Å². The van der Waals surface area contributed by atoms with Gasteiger partial charge in [0.1, 0.15) is 5.82 Å². The van der Waals surface area contributed by atoms with Crippen LogP contribution in [0.2, 0.25) is 0 Å². The van der Waals surface area contributed by atoms with Gasteiger partial charge in [-0.15, -0.1) is 0 Å². The van der Waals surface area contributed by atoms with Crippen LogP contribution >= 0.6 is 0 Å². The average molecular weight is 263 g/mol. The van der Waals surface area contributed by atoms with Gasteiger partial charge in [-0.05, 0) is 17.5 Å². The number of nitrogens with zero attached hydrogens (tertiary/aromatic N) is 2. The summed E-state index contributed by atoms with van der Waals surface area (Å²) in [5.41, 5.74) is 6.26. The molecule has 0 radical (unpaired) electrons. The normalized spacial score (nSPS) is 12.9. The number of halogens is 1. The van der Waals surface area contributed by atoms with E-state index < -0.39 is 0 Å². The van der Waals surface area contributed by atoms with E-state index in [1.54, 1.807) is 18.2 Å². The highest BCUT2D eigenvalue weighted by atomic mass is 19.1. The van der Waals surface area contributed by atoms with E-state index >= 15 is 0 Å². The minimum Gasteiger partial charge on any atom is -0.339 e. The molecule has 0 fully saturated rings. The summed E-state index contributed by atoms with van der Waals surface area (Å²) in [4.78, 5) is 4.31. The Bertz CT molecular complexity index is 539. The van der Waals surface area contributed by atoms with Gasteiger partial charge in [0.25, 0.3) is 0 Å². The van der Waals surface area contributed by atoms with Crippen molar-refractivity contribution in [1.29, 1.82) is 0 Å². The molecule has 0 saturated carbocycles. The first-order chi connectivity index (χ1) is 9.11. The smallest absolute Gasteiger partial charge is 0.231 e. The molecule has 1 atom stereocenters. The van der Waals surface area contributed by atoms with Crippen molar-refractivity contribution < 1.29 is 8.91 Å². The molecule has 102 valence electrons. The van der Waals surface area contributed by atoms with Crippen LogP contribution in [0.25, 0.3) is 0 Å². The van der Waals surface area contributed by atoms with E-state index in [1.807, 2.05) is 0 Å². The van der Waals surface area contributed by atoms with Gasteiger partial charge >= 0.3 is 0 Å². The molecule has 5 heteroatoms. The Balaban J connectivity index is 2.16. The van der Waals surface area contributed by atoms with Crippen molar-refractivity contribution in [2.24, 2.45) is 11.7 Å². The van der Waals surface area contributed by atoms with Crippen molar-refractivity contribution in [1.82, 2.24) is 10.1 Å². The van der Waals surface area contributed by atoms with Crippen LogP contribution in [0.1, 0.15) is 37.0 Å². The Morgan fingerprint density at radius 3 is 2.68 bits per heavy atom. The zero-order chi connectivity index (χ0) is 13.8. The molecule has 0 bridgehead atoms. The second-order valence-electron chi connectivity index (χ2n) is 4.90. The number of aromatic nitrogens is 2. The molecule has 0 aliphatic carbocycles. The van der Waals surface area contributed by atoms with Crippen LogP contribution in [0.3, 0.4) is 0 Å². The molecule has 0 aliphatic heterocycles. The van der Waals surface area contributed by atoms with Crippen LogP contribution in [0.4, 0.5) is 4.39 Å². The molecular formula is C14H18FN3O. The number of hydrogen-bond acceptors (Lipinski definition) is 4. The summed E-state index contributed by atoms with van der Waals surface area (Å²) < 4.78 is 18.8. The van der Waals surface area contributed by atoms with Gasteiger partial charge in [0.15, 0.2) is 5.82 Å². The summed E-state index contributed by atoms with van der Waals surface area (Å²) >= 11 is 0. The highest BCUT2D eigenvalue weighted by Gasteiger charge is 2.21. The summed E-state index contributed by atoms with van der Waals surface area (Å²) in [7, 11) is 0. The van der Waals surface area contributed by atoms with Gasteiger partial charge in [-0.25, -0.2) is 4.39 Å². The summed E-state index contributed by atoms with van der Waals surface area (Å²) in [6, 6.07) is 6.58. The van der Waals surface area contributed by atoms with E-state index in [0.717, 1.165) is 0 Å². The maximum atomic E-state index is 13.5. The molecule has 2 rings (SSSR count). The minimum absolute atomic E-state index is 0.0434. The van der Waals surface area contributed by atoms with Crippen molar-refractivity contribution in [3.8, 4) is 0 Å². The van der Waals surface area contributed by atoms with Crippen LogP contribution in [0.15, 0.2) is 28.8 Å². The van der Waals surface area contributed by atoms with Gasteiger partial charge < -0.3 is 10.3 Å². The fourth-order valence-electron chi connectivity index (χ4n) is 1.96. The fourth-order valence-corrected chi connectivity index (χ4v) is 1.96. The Hall–Kier alpha value is -1.75. The van der Waals surface area contributed by atoms with Crippen LogP contribution in [-0.2, 0) is 6.42 Å². The lowest BCUT2D eigenvalue weighted by Crippen LogP contribution is -2.18. The van der Waals surface area contributed by atoms with Crippen molar-refractivity contribution >= 4 is 0 Å². The third-order valence-electron chi connectivity index (χ3n) is 3.17. The van der Waals surface area contributed by atoms with Crippen molar-refractivity contribution in [2.75, 3.05) is 6.54 Å². The predicted octanol–water partition coefficient (Wildman–Crippen LogP) is 2.50. The third kappa shape index (κ3) is 3.17. The number of benzene rings is 1. The molecule has 1 aromatic carbocycles. The number of nitrogens with two attached hydrogens (primary N) is 1. The molecule has 19 heavy (non-hydrogen) atoms. The first-order valence-corrected chi connectivity index (χ1v) is 6.37. The molecule has 2 N–H and O–H groups in total. The van der Waals surface area contributed by atoms with Gasteiger partial charge in [-0.3, -0.25) is 0 Å². The lowest BCUT2D eigenvalue weighted by molar-refractivity contribution is 0.322. The Morgan fingerprint density at radius 2 is 2.05 bits per heavy atom. The molecule has 2 aromatic rings. The maximum absolute atomic E-state index is 13.5. The van der Waals surface area contributed by atoms with Crippen LogP contribution in [0, 0.1) is 11.7 Å². The first kappa shape index (κ1) is 13.7. The van der Waals surface area contributed by atoms with E-state index in [2.05, 4.69) is 24.0 Å². The van der Waals surface area contributed by atoms with Gasteiger partial charge in [-0.2, -0.15) is 4.98 Å². The van der Waals surface area contributed by atoms with Gasteiger partial charge in [0.2, 0.25) is 5.89 Å². The van der Waals surface area contributed by atoms with Crippen molar-refractivity contribution in [2.45, 2.75) is 26.2 Å². The van der Waals surface area contributed by atoms with E-state index in [-0.39, 0.29) is 11.7 Å². The second-order valence-corrected chi connectivity index (χ2v) is 4.90. The SMILES string of the molecule is CC(C)C(CN)c1nc(Cc2ccccc2F)no1. The molecule has 0 aliphatic rings. The van der Waals surface area contributed by atoms with E-state index in [1.165, 1.54) is 6.07 Å². The quantitative estimate of drug-likeness (QED) is 0.900. The second kappa shape index (κ2) is 5.93. The van der Waals surface area contributed by atoms with Crippen molar-refractivity contribution in [3.05, 3.63) is 47.4 Å². The highest BCUT2D eigenvalue weighted by molar-refractivity contribution is 5.20. The summed E-state index contributed by atoms with van der Waals surface area (Å²) in [5, 5.41) is 3.90. The molecule has 4 nitrogen and oxygen atoms in total. The first-order valence-electron chi connectivity index (χ1n) is 6.37. The summed E-state index contributed by atoms with van der Waals surface area (Å²) in [6.45, 7) is 4.57. The fraction of sp³-hybridized carbons (Fsp3) is 0.429. The van der Waals surface area contributed by atoms with E-state index in [9.17, 15) is 4.39 Å². The van der Waals surface area contributed by atoms with Crippen LogP contribution in [-0.4, -0.2) is 16.7 Å². The predicted molar refractivity (Wildman–Crippen MR) is 70.1 cm³/mol. The molecule has 0 saturated heterocycles. The van der Waals surface area contributed by atoms with Crippen LogP contribution < -0.4 is 5.73 Å². The Morgan fingerprint density at radius 1 is 1.32 bits per heavy atom. The zero-order valence-corrected chi connectivity index (χ0v) is 11.1. The molecular weight excluding hydrogens is 245 g/mol. The number of hydrogen-bond donors (Lipinski definition) is 1. The van der Waals surface area contributed by atoms with Gasteiger partial charge in [0.05, 0.1) is 5.92 Å². The van der Waals surface area contributed by atoms with Gasteiger partial charge in [0, 0.05) is 13.0 Å².